The van der Waals surface area contributed by atoms with E-state index in [0.717, 1.165) is 8.26 Å². The van der Waals surface area contributed by atoms with Gasteiger partial charge >= 0.3 is 0 Å². The van der Waals surface area contributed by atoms with Crippen LogP contribution in [0.3, 0.4) is 0 Å². The standard InChI is InChI=1S/C13H9Br2FOS/c1-6-3-8(16)4-7(2)11(6)12(17)10-5-9(14)13(15)18-10/h3-5H,1-2H3. The Bertz CT molecular complexity index is 591. The van der Waals surface area contributed by atoms with Crippen molar-refractivity contribution in [1.82, 2.24) is 0 Å². The topological polar surface area (TPSA) is 17.1 Å². The van der Waals surface area contributed by atoms with E-state index < -0.39 is 0 Å². The van der Waals surface area contributed by atoms with Gasteiger partial charge in [-0.15, -0.1) is 11.3 Å². The number of rotatable bonds is 2. The molecule has 0 saturated carbocycles. The van der Waals surface area contributed by atoms with E-state index in [2.05, 4.69) is 31.9 Å². The zero-order valence-corrected chi connectivity index (χ0v) is 13.7. The van der Waals surface area contributed by atoms with Crippen molar-refractivity contribution in [2.45, 2.75) is 13.8 Å². The molecule has 0 fully saturated rings. The van der Waals surface area contributed by atoms with Gasteiger partial charge in [0, 0.05) is 10.0 Å². The summed E-state index contributed by atoms with van der Waals surface area (Å²) < 4.78 is 15.0. The first-order valence-electron chi connectivity index (χ1n) is 5.16. The Balaban J connectivity index is 2.52. The van der Waals surface area contributed by atoms with Gasteiger partial charge in [0.05, 0.1) is 8.66 Å². The summed E-state index contributed by atoms with van der Waals surface area (Å²) in [6.07, 6.45) is 0. The maximum absolute atomic E-state index is 13.2. The van der Waals surface area contributed by atoms with Crippen LogP contribution in [0.1, 0.15) is 26.4 Å². The Morgan fingerprint density at radius 1 is 1.17 bits per heavy atom. The fraction of sp³-hybridized carbons (Fsp3) is 0.154. The van der Waals surface area contributed by atoms with Crippen LogP contribution in [0.25, 0.3) is 0 Å². The molecule has 0 N–H and O–H groups in total. The summed E-state index contributed by atoms with van der Waals surface area (Å²) in [4.78, 5) is 13.0. The van der Waals surface area contributed by atoms with Crippen molar-refractivity contribution in [3.8, 4) is 0 Å². The molecule has 0 aliphatic heterocycles. The third kappa shape index (κ3) is 2.58. The number of benzene rings is 1. The minimum Gasteiger partial charge on any atom is -0.288 e. The van der Waals surface area contributed by atoms with Gasteiger partial charge in [0.2, 0.25) is 5.78 Å². The number of carbonyl (C=O) groups excluding carboxylic acids is 1. The second kappa shape index (κ2) is 5.23. The molecule has 94 valence electrons. The van der Waals surface area contributed by atoms with Gasteiger partial charge in [-0.2, -0.15) is 0 Å². The normalized spacial score (nSPS) is 10.7. The van der Waals surface area contributed by atoms with Crippen LogP contribution in [-0.4, -0.2) is 5.78 Å². The first kappa shape index (κ1) is 13.9. The first-order chi connectivity index (χ1) is 8.40. The zero-order valence-electron chi connectivity index (χ0n) is 9.68. The third-order valence-corrected chi connectivity index (χ3v) is 5.85. The van der Waals surface area contributed by atoms with Gasteiger partial charge in [0.1, 0.15) is 5.82 Å². The lowest BCUT2D eigenvalue weighted by Gasteiger charge is -2.07. The smallest absolute Gasteiger partial charge is 0.203 e. The molecule has 2 rings (SSSR count). The molecule has 0 spiro atoms. The maximum atomic E-state index is 13.2. The Hall–Kier alpha value is -0.520. The highest BCUT2D eigenvalue weighted by atomic mass is 79.9. The van der Waals surface area contributed by atoms with Crippen LogP contribution in [0.5, 0.6) is 0 Å². The Morgan fingerprint density at radius 2 is 1.72 bits per heavy atom. The van der Waals surface area contributed by atoms with Crippen molar-refractivity contribution in [3.05, 3.63) is 53.8 Å². The number of hydrogen-bond acceptors (Lipinski definition) is 2. The molecule has 0 atom stereocenters. The first-order valence-corrected chi connectivity index (χ1v) is 7.56. The van der Waals surface area contributed by atoms with Crippen LogP contribution in [0, 0.1) is 19.7 Å². The van der Waals surface area contributed by atoms with Crippen LogP contribution >= 0.6 is 43.2 Å². The molecule has 1 nitrogen and oxygen atoms in total. The van der Waals surface area contributed by atoms with Crippen LogP contribution in [-0.2, 0) is 0 Å². The SMILES string of the molecule is Cc1cc(F)cc(C)c1C(=O)c1cc(Br)c(Br)s1. The summed E-state index contributed by atoms with van der Waals surface area (Å²) in [5, 5.41) is 0. The molecular formula is C13H9Br2FOS. The van der Waals surface area contributed by atoms with E-state index in [0.29, 0.717) is 21.6 Å². The highest BCUT2D eigenvalue weighted by Crippen LogP contribution is 2.34. The van der Waals surface area contributed by atoms with Gasteiger partial charge in [-0.3, -0.25) is 4.79 Å². The molecule has 5 heteroatoms. The second-order valence-corrected chi connectivity index (χ2v) is 7.20. The molecule has 2 aromatic rings. The van der Waals surface area contributed by atoms with Gasteiger partial charge < -0.3 is 0 Å². The summed E-state index contributed by atoms with van der Waals surface area (Å²) in [6.45, 7) is 3.50. The molecule has 0 bridgehead atoms. The summed E-state index contributed by atoms with van der Waals surface area (Å²) in [5.41, 5.74) is 1.91. The summed E-state index contributed by atoms with van der Waals surface area (Å²) >= 11 is 8.09. The number of hydrogen-bond donors (Lipinski definition) is 0. The van der Waals surface area contributed by atoms with Gasteiger partial charge in [-0.25, -0.2) is 4.39 Å². The van der Waals surface area contributed by atoms with Gasteiger partial charge in [0.15, 0.2) is 0 Å². The lowest BCUT2D eigenvalue weighted by atomic mass is 9.98. The number of ketones is 1. The van der Waals surface area contributed by atoms with Crippen molar-refractivity contribution in [2.75, 3.05) is 0 Å². The molecule has 0 unspecified atom stereocenters. The van der Waals surface area contributed by atoms with Crippen molar-refractivity contribution in [2.24, 2.45) is 0 Å². The van der Waals surface area contributed by atoms with Crippen LogP contribution in [0.4, 0.5) is 4.39 Å². The third-order valence-electron chi connectivity index (χ3n) is 2.59. The predicted octanol–water partition coefficient (Wildman–Crippen LogP) is 5.26. The van der Waals surface area contributed by atoms with Crippen molar-refractivity contribution < 1.29 is 9.18 Å². The zero-order chi connectivity index (χ0) is 13.4. The number of thiophene rings is 1. The average Bonchev–Trinajstić information content (AvgIpc) is 2.57. The van der Waals surface area contributed by atoms with Gasteiger partial charge in [-0.05, 0) is 75.0 Å². The minimum atomic E-state index is -0.310. The lowest BCUT2D eigenvalue weighted by molar-refractivity contribution is 0.104. The summed E-state index contributed by atoms with van der Waals surface area (Å²) in [5.74, 6) is -0.378. The maximum Gasteiger partial charge on any atom is 0.203 e. The molecule has 0 saturated heterocycles. The summed E-state index contributed by atoms with van der Waals surface area (Å²) in [7, 11) is 0. The Morgan fingerprint density at radius 3 is 2.17 bits per heavy atom. The van der Waals surface area contributed by atoms with E-state index in [4.69, 9.17) is 0 Å². The van der Waals surface area contributed by atoms with E-state index in [-0.39, 0.29) is 11.6 Å². The highest BCUT2D eigenvalue weighted by molar-refractivity contribution is 9.13. The van der Waals surface area contributed by atoms with E-state index in [1.54, 1.807) is 19.9 Å². The van der Waals surface area contributed by atoms with Crippen LogP contribution in [0.15, 0.2) is 26.5 Å². The molecular weight excluding hydrogens is 383 g/mol. The lowest BCUT2D eigenvalue weighted by Crippen LogP contribution is -2.05. The highest BCUT2D eigenvalue weighted by Gasteiger charge is 2.18. The summed E-state index contributed by atoms with van der Waals surface area (Å²) in [6, 6.07) is 4.55. The van der Waals surface area contributed by atoms with Crippen LogP contribution in [0.2, 0.25) is 0 Å². The van der Waals surface area contributed by atoms with Crippen LogP contribution < -0.4 is 0 Å². The Kier molecular flexibility index (Phi) is 4.04. The van der Waals surface area contributed by atoms with Crippen molar-refractivity contribution in [3.63, 3.8) is 0 Å². The monoisotopic (exact) mass is 390 g/mol. The molecule has 0 aliphatic rings. The number of aryl methyl sites for hydroxylation is 2. The minimum absolute atomic E-state index is 0.0681. The largest absolute Gasteiger partial charge is 0.288 e. The molecule has 1 aromatic heterocycles. The fourth-order valence-corrected chi connectivity index (χ4v) is 3.83. The number of carbonyl (C=O) groups is 1. The van der Waals surface area contributed by atoms with Gasteiger partial charge in [0.25, 0.3) is 0 Å². The quantitative estimate of drug-likeness (QED) is 0.638. The van der Waals surface area contributed by atoms with E-state index in [1.807, 2.05) is 0 Å². The predicted molar refractivity (Wildman–Crippen MR) is 79.0 cm³/mol. The molecule has 1 aromatic carbocycles. The van der Waals surface area contributed by atoms with E-state index in [9.17, 15) is 9.18 Å². The van der Waals surface area contributed by atoms with E-state index >= 15 is 0 Å². The molecule has 0 radical (unpaired) electrons. The second-order valence-electron chi connectivity index (χ2n) is 3.98. The molecule has 0 amide bonds. The molecule has 1 heterocycles. The van der Waals surface area contributed by atoms with E-state index in [1.165, 1.54) is 23.5 Å². The number of halogens is 3. The van der Waals surface area contributed by atoms with Crippen molar-refractivity contribution >= 4 is 49.0 Å². The molecule has 0 aliphatic carbocycles. The Labute approximate surface area is 125 Å². The fourth-order valence-electron chi connectivity index (χ4n) is 1.85. The van der Waals surface area contributed by atoms with Gasteiger partial charge in [-0.1, -0.05) is 0 Å². The average molecular weight is 392 g/mol. The van der Waals surface area contributed by atoms with Crippen molar-refractivity contribution in [1.29, 1.82) is 0 Å². The molecule has 18 heavy (non-hydrogen) atoms.